The molecule has 0 spiro atoms. The predicted molar refractivity (Wildman–Crippen MR) is 107 cm³/mol. The molecule has 2 aliphatic rings. The third-order valence-corrected chi connectivity index (χ3v) is 6.81. The van der Waals surface area contributed by atoms with Gasteiger partial charge in [0.1, 0.15) is 0 Å². The Morgan fingerprint density at radius 3 is 2.59 bits per heavy atom. The first kappa shape index (κ1) is 18.4. The number of aryl methyl sites for hydroxylation is 2. The lowest BCUT2D eigenvalue weighted by Gasteiger charge is -2.45. The van der Waals surface area contributed by atoms with Crippen LogP contribution in [-0.4, -0.2) is 39.2 Å². The van der Waals surface area contributed by atoms with Crippen molar-refractivity contribution in [2.24, 2.45) is 13.0 Å². The number of nitrogens with zero attached hydrogens (tertiary/aromatic N) is 2. The molecule has 2 heterocycles. The summed E-state index contributed by atoms with van der Waals surface area (Å²) < 4.78 is 1.43. The van der Waals surface area contributed by atoms with E-state index >= 15 is 0 Å². The van der Waals surface area contributed by atoms with E-state index in [9.17, 15) is 15.0 Å². The highest BCUT2D eigenvalue weighted by atomic mass is 32.2. The first-order valence-corrected chi connectivity index (χ1v) is 10.1. The topological polar surface area (TPSA) is 81.5 Å². The van der Waals surface area contributed by atoms with E-state index in [0.717, 1.165) is 34.1 Å². The number of aromatic nitrogens is 2. The molecule has 1 aliphatic carbocycles. The van der Waals surface area contributed by atoms with Crippen LogP contribution in [0.3, 0.4) is 0 Å². The second-order valence-corrected chi connectivity index (χ2v) is 8.40. The quantitative estimate of drug-likeness (QED) is 0.749. The zero-order valence-corrected chi connectivity index (χ0v) is 16.5. The van der Waals surface area contributed by atoms with Gasteiger partial charge in [0, 0.05) is 42.1 Å². The molecule has 1 saturated carbocycles. The summed E-state index contributed by atoms with van der Waals surface area (Å²) in [5.74, 6) is -0.930. The molecule has 1 fully saturated rings. The van der Waals surface area contributed by atoms with Crippen molar-refractivity contribution in [1.82, 2.24) is 9.78 Å². The van der Waals surface area contributed by atoms with Gasteiger partial charge in [-0.15, -0.1) is 0 Å². The third-order valence-electron chi connectivity index (χ3n) is 5.63. The van der Waals surface area contributed by atoms with E-state index in [-0.39, 0.29) is 11.5 Å². The maximum Gasteiger partial charge on any atom is 0.270 e. The van der Waals surface area contributed by atoms with E-state index in [1.807, 2.05) is 32.2 Å². The second kappa shape index (κ2) is 6.89. The summed E-state index contributed by atoms with van der Waals surface area (Å²) in [6.07, 6.45) is 2.00. The van der Waals surface area contributed by atoms with Crippen molar-refractivity contribution in [2.75, 3.05) is 11.9 Å². The highest BCUT2D eigenvalue weighted by Crippen LogP contribution is 2.49. The maximum absolute atomic E-state index is 12.5. The Morgan fingerprint density at radius 2 is 1.93 bits per heavy atom. The Morgan fingerprint density at radius 1 is 1.22 bits per heavy atom. The number of hydrogen-bond donors (Lipinski definition) is 3. The maximum atomic E-state index is 12.5. The average molecular weight is 388 g/mol. The summed E-state index contributed by atoms with van der Waals surface area (Å²) >= 11 is 1.63. The summed E-state index contributed by atoms with van der Waals surface area (Å²) in [5, 5.41) is 25.6. The molecule has 0 radical (unpaired) electrons. The molecule has 1 aromatic carbocycles. The van der Waals surface area contributed by atoms with E-state index in [0.29, 0.717) is 5.56 Å². The first-order valence-electron chi connectivity index (χ1n) is 9.30. The predicted octanol–water partition coefficient (Wildman–Crippen LogP) is 2.18. The standard InChI is InChI=1S/C20H25N3O3S/c1-4-7-12-16(20(26)23(3)21-12)17-18(24)11(19(17)25)10-15-22(2)13-8-5-6-9-14(13)27-15/h5-6,8-11,17-19,21,24-25H,4,7H2,1-3H3. The van der Waals surface area contributed by atoms with Gasteiger partial charge in [0.25, 0.3) is 5.56 Å². The van der Waals surface area contributed by atoms with Crippen molar-refractivity contribution in [3.63, 3.8) is 0 Å². The molecule has 27 heavy (non-hydrogen) atoms. The van der Waals surface area contributed by atoms with Gasteiger partial charge in [-0.25, -0.2) is 0 Å². The van der Waals surface area contributed by atoms with Crippen molar-refractivity contribution in [2.45, 2.75) is 42.8 Å². The van der Waals surface area contributed by atoms with Crippen LogP contribution < -0.4 is 10.5 Å². The molecular formula is C20H25N3O3S. The number of fused-ring (bicyclic) bond motifs is 1. The highest BCUT2D eigenvalue weighted by Gasteiger charge is 2.51. The van der Waals surface area contributed by atoms with E-state index in [4.69, 9.17) is 0 Å². The van der Waals surface area contributed by atoms with Gasteiger partial charge in [0.05, 0.1) is 22.9 Å². The number of hydrogen-bond acceptors (Lipinski definition) is 5. The fraction of sp³-hybridized carbons (Fsp3) is 0.450. The molecule has 0 amide bonds. The summed E-state index contributed by atoms with van der Waals surface area (Å²) in [5.41, 5.74) is 2.31. The summed E-state index contributed by atoms with van der Waals surface area (Å²) in [7, 11) is 3.66. The van der Waals surface area contributed by atoms with Crippen LogP contribution >= 0.6 is 11.8 Å². The van der Waals surface area contributed by atoms with E-state index < -0.39 is 18.1 Å². The average Bonchev–Trinajstić information content (AvgIpc) is 3.12. The van der Waals surface area contributed by atoms with Crippen LogP contribution in [0.15, 0.2) is 45.1 Å². The van der Waals surface area contributed by atoms with Crippen LogP contribution in [0.25, 0.3) is 0 Å². The Bertz CT molecular complexity index is 938. The van der Waals surface area contributed by atoms with Gasteiger partial charge >= 0.3 is 0 Å². The number of H-pyrrole nitrogens is 1. The third kappa shape index (κ3) is 2.85. The summed E-state index contributed by atoms with van der Waals surface area (Å²) in [6.45, 7) is 2.04. The Kier molecular flexibility index (Phi) is 4.70. The highest BCUT2D eigenvalue weighted by molar-refractivity contribution is 8.03. The van der Waals surface area contributed by atoms with E-state index in [1.54, 1.807) is 18.8 Å². The summed E-state index contributed by atoms with van der Waals surface area (Å²) in [4.78, 5) is 15.8. The number of aromatic amines is 1. The van der Waals surface area contributed by atoms with Gasteiger partial charge in [-0.2, -0.15) is 0 Å². The molecule has 7 heteroatoms. The van der Waals surface area contributed by atoms with Crippen LogP contribution in [0.4, 0.5) is 5.69 Å². The molecular weight excluding hydrogens is 362 g/mol. The van der Waals surface area contributed by atoms with Crippen LogP contribution in [-0.2, 0) is 13.5 Å². The lowest BCUT2D eigenvalue weighted by Crippen LogP contribution is -2.54. The molecule has 2 atom stereocenters. The van der Waals surface area contributed by atoms with Crippen molar-refractivity contribution < 1.29 is 10.2 Å². The lowest BCUT2D eigenvalue weighted by atomic mass is 9.65. The minimum Gasteiger partial charge on any atom is -0.392 e. The van der Waals surface area contributed by atoms with Gasteiger partial charge < -0.3 is 15.1 Å². The zero-order valence-electron chi connectivity index (χ0n) is 15.7. The molecule has 3 N–H and O–H groups in total. The van der Waals surface area contributed by atoms with Crippen molar-refractivity contribution >= 4 is 17.4 Å². The lowest BCUT2D eigenvalue weighted by molar-refractivity contribution is -0.0950. The smallest absolute Gasteiger partial charge is 0.270 e. The Hall–Kier alpha value is -1.96. The molecule has 2 aromatic rings. The minimum atomic E-state index is -0.774. The number of nitrogens with one attached hydrogen (secondary N) is 1. The monoisotopic (exact) mass is 387 g/mol. The number of rotatable bonds is 4. The number of aliphatic hydroxyl groups excluding tert-OH is 2. The van der Waals surface area contributed by atoms with Crippen LogP contribution in [0.2, 0.25) is 0 Å². The van der Waals surface area contributed by atoms with Crippen molar-refractivity contribution in [3.8, 4) is 0 Å². The van der Waals surface area contributed by atoms with Gasteiger partial charge in [-0.05, 0) is 24.6 Å². The fourth-order valence-corrected chi connectivity index (χ4v) is 5.26. The van der Waals surface area contributed by atoms with Gasteiger partial charge in [-0.1, -0.05) is 37.2 Å². The summed E-state index contributed by atoms with van der Waals surface area (Å²) in [6, 6.07) is 8.12. The fourth-order valence-electron chi connectivity index (χ4n) is 4.11. The van der Waals surface area contributed by atoms with E-state index in [1.165, 1.54) is 4.68 Å². The minimum absolute atomic E-state index is 0.160. The first-order chi connectivity index (χ1) is 12.9. The molecule has 0 saturated heterocycles. The SMILES string of the molecule is CCCc1[nH]n(C)c(=O)c1C1C(O)C(C=C2Sc3ccccc3N2C)C1O. The zero-order chi connectivity index (χ0) is 19.3. The number of anilines is 1. The van der Waals surface area contributed by atoms with Crippen LogP contribution in [0, 0.1) is 5.92 Å². The largest absolute Gasteiger partial charge is 0.392 e. The Balaban J connectivity index is 1.59. The number of benzene rings is 1. The van der Waals surface area contributed by atoms with Gasteiger partial charge in [0.15, 0.2) is 0 Å². The van der Waals surface area contributed by atoms with Gasteiger partial charge in [-0.3, -0.25) is 14.6 Å². The molecule has 1 aliphatic heterocycles. The molecule has 4 rings (SSSR count). The molecule has 1 aromatic heterocycles. The van der Waals surface area contributed by atoms with E-state index in [2.05, 4.69) is 22.1 Å². The number of para-hydroxylation sites is 1. The van der Waals surface area contributed by atoms with Crippen LogP contribution in [0.1, 0.15) is 30.5 Å². The Labute approximate surface area is 162 Å². The molecule has 6 nitrogen and oxygen atoms in total. The second-order valence-electron chi connectivity index (χ2n) is 7.34. The van der Waals surface area contributed by atoms with Gasteiger partial charge in [0.2, 0.25) is 0 Å². The number of thioether (sulfide) groups is 1. The number of aliphatic hydroxyl groups is 2. The van der Waals surface area contributed by atoms with Crippen LogP contribution in [0.5, 0.6) is 0 Å². The molecule has 144 valence electrons. The van der Waals surface area contributed by atoms with Crippen molar-refractivity contribution in [1.29, 1.82) is 0 Å². The normalized spacial score (nSPS) is 28.5. The molecule has 0 bridgehead atoms. The van der Waals surface area contributed by atoms with Crippen molar-refractivity contribution in [3.05, 3.63) is 57.0 Å². The molecule has 2 unspecified atom stereocenters.